The van der Waals surface area contributed by atoms with E-state index in [1.165, 1.54) is 5.56 Å². The number of hydrogen-bond donors (Lipinski definition) is 2. The Morgan fingerprint density at radius 2 is 1.47 bits per heavy atom. The molecule has 0 aliphatic heterocycles. The minimum Gasteiger partial charge on any atom is -0.341 e. The number of carbonyl (C=O) groups excluding carboxylic acids is 1. The molecule has 4 aromatic rings. The summed E-state index contributed by atoms with van der Waals surface area (Å²) in [6.07, 6.45) is 0. The van der Waals surface area contributed by atoms with Gasteiger partial charge in [0.1, 0.15) is 5.56 Å². The third-order valence-corrected chi connectivity index (χ3v) is 5.81. The van der Waals surface area contributed by atoms with E-state index < -0.39 is 17.5 Å². The standard InChI is InChI=1S/C28H26ClN3O2/c1-32(18-20-8-4-2-5-9-20)19-24-16-17-25(27(33)30-24)28(34)31-26(21-10-6-3-7-11-21)22-12-14-23(29)15-13-22/h2-17,26H,18-19H2,1H3,(H,30,33)(H,31,34)/t26-/m1/s1. The topological polar surface area (TPSA) is 65.2 Å². The van der Waals surface area contributed by atoms with E-state index in [9.17, 15) is 9.59 Å². The number of carbonyl (C=O) groups is 1. The van der Waals surface area contributed by atoms with Gasteiger partial charge in [-0.1, -0.05) is 84.4 Å². The molecule has 1 aromatic heterocycles. The summed E-state index contributed by atoms with van der Waals surface area (Å²) in [5, 5.41) is 3.62. The van der Waals surface area contributed by atoms with Crippen LogP contribution >= 0.6 is 11.6 Å². The van der Waals surface area contributed by atoms with Gasteiger partial charge in [-0.15, -0.1) is 0 Å². The van der Waals surface area contributed by atoms with Crippen LogP contribution in [-0.2, 0) is 13.1 Å². The fourth-order valence-electron chi connectivity index (χ4n) is 3.90. The molecule has 172 valence electrons. The first-order valence-corrected chi connectivity index (χ1v) is 11.4. The predicted molar refractivity (Wildman–Crippen MR) is 136 cm³/mol. The van der Waals surface area contributed by atoms with E-state index in [0.29, 0.717) is 11.6 Å². The van der Waals surface area contributed by atoms with E-state index >= 15 is 0 Å². The summed E-state index contributed by atoms with van der Waals surface area (Å²) in [6, 6.07) is 30.0. The van der Waals surface area contributed by atoms with Crippen molar-refractivity contribution in [3.63, 3.8) is 0 Å². The molecule has 0 unspecified atom stereocenters. The van der Waals surface area contributed by atoms with Gasteiger partial charge in [0, 0.05) is 23.8 Å². The van der Waals surface area contributed by atoms with E-state index in [1.54, 1.807) is 24.3 Å². The smallest absolute Gasteiger partial charge is 0.261 e. The maximum Gasteiger partial charge on any atom is 0.261 e. The molecule has 0 bridgehead atoms. The number of nitrogens with one attached hydrogen (secondary N) is 2. The van der Waals surface area contributed by atoms with Crippen LogP contribution in [0.2, 0.25) is 5.02 Å². The molecule has 1 atom stereocenters. The third kappa shape index (κ3) is 6.01. The molecule has 34 heavy (non-hydrogen) atoms. The summed E-state index contributed by atoms with van der Waals surface area (Å²) < 4.78 is 0. The second-order valence-corrected chi connectivity index (χ2v) is 8.69. The van der Waals surface area contributed by atoms with Crippen molar-refractivity contribution in [2.24, 2.45) is 0 Å². The quantitative estimate of drug-likeness (QED) is 0.372. The van der Waals surface area contributed by atoms with Crippen LogP contribution < -0.4 is 10.9 Å². The van der Waals surface area contributed by atoms with E-state index in [0.717, 1.165) is 23.4 Å². The molecule has 2 N–H and O–H groups in total. The van der Waals surface area contributed by atoms with E-state index in [-0.39, 0.29) is 5.56 Å². The van der Waals surface area contributed by atoms with Crippen molar-refractivity contribution in [1.82, 2.24) is 15.2 Å². The molecular weight excluding hydrogens is 446 g/mol. The lowest BCUT2D eigenvalue weighted by Crippen LogP contribution is -2.33. The molecule has 0 aliphatic carbocycles. The van der Waals surface area contributed by atoms with Gasteiger partial charge in [0.2, 0.25) is 0 Å². The first-order chi connectivity index (χ1) is 16.5. The van der Waals surface area contributed by atoms with Crippen molar-refractivity contribution >= 4 is 17.5 Å². The van der Waals surface area contributed by atoms with Crippen molar-refractivity contribution in [1.29, 1.82) is 0 Å². The first-order valence-electron chi connectivity index (χ1n) is 11.1. The maximum atomic E-state index is 13.1. The minimum absolute atomic E-state index is 0.0735. The second-order valence-electron chi connectivity index (χ2n) is 8.25. The molecule has 0 aliphatic rings. The number of rotatable bonds is 8. The number of H-pyrrole nitrogens is 1. The first kappa shape index (κ1) is 23.5. The van der Waals surface area contributed by atoms with Gasteiger partial charge in [-0.2, -0.15) is 0 Å². The summed E-state index contributed by atoms with van der Waals surface area (Å²) in [4.78, 5) is 30.8. The predicted octanol–water partition coefficient (Wildman–Crippen LogP) is 5.18. The number of pyridine rings is 1. The molecule has 1 heterocycles. The molecule has 0 saturated heterocycles. The molecule has 6 heteroatoms. The molecule has 0 radical (unpaired) electrons. The monoisotopic (exact) mass is 471 g/mol. The molecule has 1 amide bonds. The van der Waals surface area contributed by atoms with Gasteiger partial charge in [0.25, 0.3) is 11.5 Å². The number of amides is 1. The van der Waals surface area contributed by atoms with Crippen LogP contribution in [0.3, 0.4) is 0 Å². The van der Waals surface area contributed by atoms with E-state index in [2.05, 4.69) is 27.3 Å². The Labute approximate surface area is 204 Å². The highest BCUT2D eigenvalue weighted by atomic mass is 35.5. The average molecular weight is 472 g/mol. The number of benzene rings is 3. The molecule has 4 rings (SSSR count). The fourth-order valence-corrected chi connectivity index (χ4v) is 4.02. The summed E-state index contributed by atoms with van der Waals surface area (Å²) in [5.74, 6) is -0.436. The number of aromatic nitrogens is 1. The number of aromatic amines is 1. The number of hydrogen-bond acceptors (Lipinski definition) is 3. The highest BCUT2D eigenvalue weighted by Gasteiger charge is 2.20. The Kier molecular flexibility index (Phi) is 7.58. The molecule has 0 fully saturated rings. The second kappa shape index (κ2) is 11.0. The molecule has 5 nitrogen and oxygen atoms in total. The zero-order valence-electron chi connectivity index (χ0n) is 18.9. The molecule has 0 saturated carbocycles. The van der Waals surface area contributed by atoms with Gasteiger partial charge in [0.05, 0.1) is 6.04 Å². The number of halogens is 1. The van der Waals surface area contributed by atoms with Gasteiger partial charge in [-0.3, -0.25) is 14.5 Å². The lowest BCUT2D eigenvalue weighted by molar-refractivity contribution is 0.0941. The summed E-state index contributed by atoms with van der Waals surface area (Å²) in [7, 11) is 1.99. The number of nitrogens with zero attached hydrogens (tertiary/aromatic N) is 1. The Morgan fingerprint density at radius 1 is 0.853 bits per heavy atom. The van der Waals surface area contributed by atoms with Crippen LogP contribution in [0.15, 0.2) is 102 Å². The Hall–Kier alpha value is -3.67. The van der Waals surface area contributed by atoms with Crippen LogP contribution in [0.1, 0.15) is 38.8 Å². The van der Waals surface area contributed by atoms with Crippen molar-refractivity contribution < 1.29 is 4.79 Å². The van der Waals surface area contributed by atoms with Crippen molar-refractivity contribution in [3.05, 3.63) is 140 Å². The average Bonchev–Trinajstić information content (AvgIpc) is 2.84. The van der Waals surface area contributed by atoms with Crippen LogP contribution in [0.4, 0.5) is 0 Å². The van der Waals surface area contributed by atoms with E-state index in [4.69, 9.17) is 11.6 Å². The molecular formula is C28H26ClN3O2. The summed E-state index contributed by atoms with van der Waals surface area (Å²) >= 11 is 6.04. The van der Waals surface area contributed by atoms with E-state index in [1.807, 2.05) is 67.7 Å². The fraction of sp³-hybridized carbons (Fsp3) is 0.143. The minimum atomic E-state index is -0.436. The largest absolute Gasteiger partial charge is 0.341 e. The van der Waals surface area contributed by atoms with Crippen molar-refractivity contribution in [2.45, 2.75) is 19.1 Å². The van der Waals surface area contributed by atoms with Gasteiger partial charge < -0.3 is 10.3 Å². The maximum absolute atomic E-state index is 13.1. The van der Waals surface area contributed by atoms with Gasteiger partial charge >= 0.3 is 0 Å². The SMILES string of the molecule is CN(Cc1ccccc1)Cc1ccc(C(=O)N[C@H](c2ccccc2)c2ccc(Cl)cc2)c(=O)[nH]1. The van der Waals surface area contributed by atoms with Crippen LogP contribution in [0.5, 0.6) is 0 Å². The Bertz CT molecular complexity index is 1290. The summed E-state index contributed by atoms with van der Waals surface area (Å²) in [6.45, 7) is 1.31. The molecule has 3 aromatic carbocycles. The van der Waals surface area contributed by atoms with Crippen LogP contribution in [-0.4, -0.2) is 22.8 Å². The van der Waals surface area contributed by atoms with Gasteiger partial charge in [-0.05, 0) is 48.0 Å². The van der Waals surface area contributed by atoms with Crippen LogP contribution in [0, 0.1) is 0 Å². The van der Waals surface area contributed by atoms with Crippen molar-refractivity contribution in [3.8, 4) is 0 Å². The zero-order valence-corrected chi connectivity index (χ0v) is 19.6. The lowest BCUT2D eigenvalue weighted by Gasteiger charge is -2.20. The highest BCUT2D eigenvalue weighted by Crippen LogP contribution is 2.24. The lowest BCUT2D eigenvalue weighted by atomic mass is 9.98. The summed E-state index contributed by atoms with van der Waals surface area (Å²) in [5.41, 5.74) is 3.39. The molecule has 0 spiro atoms. The normalized spacial score (nSPS) is 11.9. The Balaban J connectivity index is 1.50. The highest BCUT2D eigenvalue weighted by molar-refractivity contribution is 6.30. The Morgan fingerprint density at radius 3 is 2.12 bits per heavy atom. The third-order valence-electron chi connectivity index (χ3n) is 5.56. The van der Waals surface area contributed by atoms with Crippen LogP contribution in [0.25, 0.3) is 0 Å². The zero-order chi connectivity index (χ0) is 23.9. The van der Waals surface area contributed by atoms with Gasteiger partial charge in [0.15, 0.2) is 0 Å². The van der Waals surface area contributed by atoms with Gasteiger partial charge in [-0.25, -0.2) is 0 Å². The van der Waals surface area contributed by atoms with Crippen molar-refractivity contribution in [2.75, 3.05) is 7.05 Å².